The zero-order valence-corrected chi connectivity index (χ0v) is 12.3. The molecule has 0 saturated heterocycles. The third kappa shape index (κ3) is 4.33. The molecule has 0 unspecified atom stereocenters. The van der Waals surface area contributed by atoms with E-state index in [0.29, 0.717) is 6.61 Å². The van der Waals surface area contributed by atoms with Gasteiger partial charge in [-0.15, -0.1) is 11.3 Å². The first-order valence-electron chi connectivity index (χ1n) is 6.67. The van der Waals surface area contributed by atoms with E-state index in [-0.39, 0.29) is 0 Å². The number of benzene rings is 1. The Morgan fingerprint density at radius 2 is 2.00 bits per heavy atom. The van der Waals surface area contributed by atoms with Gasteiger partial charge in [0.05, 0.1) is 5.69 Å². The summed E-state index contributed by atoms with van der Waals surface area (Å²) < 4.78 is 5.74. The molecule has 1 N–H and O–H groups in total. The summed E-state index contributed by atoms with van der Waals surface area (Å²) in [5.74, 6) is 0.903. The average molecular weight is 276 g/mol. The smallest absolute Gasteiger partial charge is 0.140 e. The number of hydrogen-bond acceptors (Lipinski definition) is 4. The summed E-state index contributed by atoms with van der Waals surface area (Å²) in [7, 11) is 0. The maximum absolute atomic E-state index is 5.74. The lowest BCUT2D eigenvalue weighted by Crippen LogP contribution is -2.12. The van der Waals surface area contributed by atoms with Gasteiger partial charge in [0.1, 0.15) is 17.4 Å². The molecule has 102 valence electrons. The maximum Gasteiger partial charge on any atom is 0.140 e. The third-order valence-electron chi connectivity index (χ3n) is 2.85. The molecular weight excluding hydrogens is 256 g/mol. The van der Waals surface area contributed by atoms with E-state index >= 15 is 0 Å². The summed E-state index contributed by atoms with van der Waals surface area (Å²) in [5.41, 5.74) is 2.42. The van der Waals surface area contributed by atoms with Gasteiger partial charge in [0.15, 0.2) is 0 Å². The van der Waals surface area contributed by atoms with Crippen molar-refractivity contribution in [3.63, 3.8) is 0 Å². The highest BCUT2D eigenvalue weighted by atomic mass is 32.1. The van der Waals surface area contributed by atoms with Crippen LogP contribution in [0.1, 0.15) is 30.1 Å². The molecule has 0 fully saturated rings. The van der Waals surface area contributed by atoms with Gasteiger partial charge < -0.3 is 10.1 Å². The first-order valence-corrected chi connectivity index (χ1v) is 7.55. The molecule has 2 aromatic rings. The van der Waals surface area contributed by atoms with Crippen LogP contribution in [0.2, 0.25) is 0 Å². The number of thiazole rings is 1. The number of nitrogens with one attached hydrogen (secondary N) is 1. The predicted molar refractivity (Wildman–Crippen MR) is 79.6 cm³/mol. The predicted octanol–water partition coefficient (Wildman–Crippen LogP) is 3.39. The molecule has 1 aromatic heterocycles. The number of aryl methyl sites for hydroxylation is 1. The fourth-order valence-corrected chi connectivity index (χ4v) is 2.42. The van der Waals surface area contributed by atoms with Crippen LogP contribution in [0.5, 0.6) is 5.75 Å². The molecule has 4 heteroatoms. The minimum absolute atomic E-state index is 0.544. The highest BCUT2D eigenvalue weighted by Gasteiger charge is 2.02. The number of nitrogens with zero attached hydrogens (tertiary/aromatic N) is 1. The number of ether oxygens (including phenoxy) is 1. The summed E-state index contributed by atoms with van der Waals surface area (Å²) in [4.78, 5) is 4.53. The molecule has 0 saturated carbocycles. The second kappa shape index (κ2) is 7.26. The van der Waals surface area contributed by atoms with Crippen molar-refractivity contribution in [1.82, 2.24) is 10.3 Å². The second-order valence-corrected chi connectivity index (χ2v) is 5.24. The molecule has 0 bridgehead atoms. The van der Waals surface area contributed by atoms with Gasteiger partial charge in [0.2, 0.25) is 0 Å². The van der Waals surface area contributed by atoms with Gasteiger partial charge in [0.25, 0.3) is 0 Å². The van der Waals surface area contributed by atoms with Gasteiger partial charge in [-0.2, -0.15) is 0 Å². The van der Waals surface area contributed by atoms with Gasteiger partial charge in [-0.1, -0.05) is 26.0 Å². The van der Waals surface area contributed by atoms with E-state index in [0.717, 1.165) is 36.0 Å². The average Bonchev–Trinajstić information content (AvgIpc) is 2.91. The Morgan fingerprint density at radius 1 is 1.21 bits per heavy atom. The van der Waals surface area contributed by atoms with Crippen molar-refractivity contribution in [1.29, 1.82) is 0 Å². The summed E-state index contributed by atoms with van der Waals surface area (Å²) in [6.07, 6.45) is 1.06. The molecule has 0 radical (unpaired) electrons. The van der Waals surface area contributed by atoms with Crippen LogP contribution in [0.15, 0.2) is 29.6 Å². The molecule has 0 aliphatic rings. The Morgan fingerprint density at radius 3 is 2.68 bits per heavy atom. The summed E-state index contributed by atoms with van der Waals surface area (Å²) >= 11 is 1.65. The Kier molecular flexibility index (Phi) is 5.36. The normalized spacial score (nSPS) is 10.6. The summed E-state index contributed by atoms with van der Waals surface area (Å²) in [6, 6.07) is 8.25. The van der Waals surface area contributed by atoms with Crippen molar-refractivity contribution in [3.05, 3.63) is 45.9 Å². The van der Waals surface area contributed by atoms with Crippen LogP contribution in [0.25, 0.3) is 0 Å². The van der Waals surface area contributed by atoms with Crippen molar-refractivity contribution < 1.29 is 4.74 Å². The lowest BCUT2D eigenvalue weighted by molar-refractivity contribution is 0.305. The zero-order chi connectivity index (χ0) is 13.5. The van der Waals surface area contributed by atoms with E-state index < -0.39 is 0 Å². The summed E-state index contributed by atoms with van der Waals surface area (Å²) in [5, 5.41) is 6.37. The zero-order valence-electron chi connectivity index (χ0n) is 11.5. The van der Waals surface area contributed by atoms with Gasteiger partial charge in [-0.25, -0.2) is 4.98 Å². The van der Waals surface area contributed by atoms with E-state index in [2.05, 4.69) is 41.7 Å². The molecular formula is C15H20N2OS. The summed E-state index contributed by atoms with van der Waals surface area (Å²) in [6.45, 7) is 6.58. The highest BCUT2D eigenvalue weighted by Crippen LogP contribution is 2.16. The molecule has 0 aliphatic carbocycles. The van der Waals surface area contributed by atoms with Crippen LogP contribution in [0, 0.1) is 0 Å². The van der Waals surface area contributed by atoms with Crippen LogP contribution in [-0.4, -0.2) is 11.5 Å². The molecule has 1 aromatic carbocycles. The number of hydrogen-bond donors (Lipinski definition) is 1. The van der Waals surface area contributed by atoms with Crippen LogP contribution < -0.4 is 10.1 Å². The van der Waals surface area contributed by atoms with Gasteiger partial charge in [-0.05, 0) is 30.7 Å². The van der Waals surface area contributed by atoms with Gasteiger partial charge >= 0.3 is 0 Å². The van der Waals surface area contributed by atoms with Crippen LogP contribution in [0.3, 0.4) is 0 Å². The van der Waals surface area contributed by atoms with Crippen molar-refractivity contribution in [2.45, 2.75) is 33.4 Å². The molecule has 3 nitrogen and oxygen atoms in total. The maximum atomic E-state index is 5.74. The Labute approximate surface area is 118 Å². The van der Waals surface area contributed by atoms with Crippen LogP contribution in [-0.2, 0) is 19.6 Å². The van der Waals surface area contributed by atoms with E-state index in [1.54, 1.807) is 11.3 Å². The first-order chi connectivity index (χ1) is 9.31. The topological polar surface area (TPSA) is 34.1 Å². The fourth-order valence-electron chi connectivity index (χ4n) is 1.72. The fraction of sp³-hybridized carbons (Fsp3) is 0.400. The SMILES string of the molecule is CCNCc1csc(COc2ccc(CC)cc2)n1. The Bertz CT molecular complexity index is 493. The minimum atomic E-state index is 0.544. The highest BCUT2D eigenvalue weighted by molar-refractivity contribution is 7.09. The molecule has 0 atom stereocenters. The quantitative estimate of drug-likeness (QED) is 0.841. The molecule has 2 rings (SSSR count). The van der Waals surface area contributed by atoms with E-state index in [1.165, 1.54) is 5.56 Å². The van der Waals surface area contributed by atoms with Crippen molar-refractivity contribution in [2.24, 2.45) is 0 Å². The van der Waals surface area contributed by atoms with E-state index in [1.807, 2.05) is 12.1 Å². The third-order valence-corrected chi connectivity index (χ3v) is 3.72. The van der Waals surface area contributed by atoms with E-state index in [4.69, 9.17) is 4.74 Å². The lowest BCUT2D eigenvalue weighted by Gasteiger charge is -2.04. The first kappa shape index (κ1) is 14.0. The van der Waals surface area contributed by atoms with Gasteiger partial charge in [0, 0.05) is 11.9 Å². The molecule has 1 heterocycles. The molecule has 0 aliphatic heterocycles. The minimum Gasteiger partial charge on any atom is -0.486 e. The number of aromatic nitrogens is 1. The van der Waals surface area contributed by atoms with Crippen molar-refractivity contribution >= 4 is 11.3 Å². The van der Waals surface area contributed by atoms with Crippen LogP contribution >= 0.6 is 11.3 Å². The molecule has 0 spiro atoms. The largest absolute Gasteiger partial charge is 0.486 e. The molecule has 19 heavy (non-hydrogen) atoms. The standard InChI is InChI=1S/C15H20N2OS/c1-3-12-5-7-14(8-6-12)18-10-15-17-13(11-19-15)9-16-4-2/h5-8,11,16H,3-4,9-10H2,1-2H3. The van der Waals surface area contributed by atoms with Crippen molar-refractivity contribution in [2.75, 3.05) is 6.54 Å². The molecule has 0 amide bonds. The van der Waals surface area contributed by atoms with Crippen molar-refractivity contribution in [3.8, 4) is 5.75 Å². The monoisotopic (exact) mass is 276 g/mol. The van der Waals surface area contributed by atoms with E-state index in [9.17, 15) is 0 Å². The van der Waals surface area contributed by atoms with Crippen LogP contribution in [0.4, 0.5) is 0 Å². The Balaban J connectivity index is 1.85. The Hall–Kier alpha value is -1.39. The lowest BCUT2D eigenvalue weighted by atomic mass is 10.2. The number of rotatable bonds is 7. The second-order valence-electron chi connectivity index (χ2n) is 4.30. The van der Waals surface area contributed by atoms with Gasteiger partial charge in [-0.3, -0.25) is 0 Å².